The van der Waals surface area contributed by atoms with Gasteiger partial charge in [-0.15, -0.1) is 0 Å². The molecule has 0 unspecified atom stereocenters. The van der Waals surface area contributed by atoms with Gasteiger partial charge in [0.25, 0.3) is 0 Å². The number of hydrogen-bond donors (Lipinski definition) is 1. The number of aliphatic hydroxyl groups is 1. The maximum atomic E-state index is 13.8. The van der Waals surface area contributed by atoms with Crippen LogP contribution >= 0.6 is 0 Å². The van der Waals surface area contributed by atoms with Crippen LogP contribution in [0.15, 0.2) is 54.6 Å². The summed E-state index contributed by atoms with van der Waals surface area (Å²) in [5.41, 5.74) is 1.01. The van der Waals surface area contributed by atoms with Crippen molar-refractivity contribution in [1.82, 2.24) is 4.90 Å². The Kier molecular flexibility index (Phi) is 4.55. The number of β-amino-alcohol motifs (C(OH)–C–C–N with tert-alkyl or cyclic N) is 1. The third-order valence-electron chi connectivity index (χ3n) is 4.36. The molecule has 1 atom stereocenters. The summed E-state index contributed by atoms with van der Waals surface area (Å²) in [5, 5.41) is 10.9. The van der Waals surface area contributed by atoms with Crippen LogP contribution in [-0.4, -0.2) is 28.7 Å². The Morgan fingerprint density at radius 1 is 1.05 bits per heavy atom. The lowest BCUT2D eigenvalue weighted by atomic mass is 9.86. The Hall–Kier alpha value is -1.71. The van der Waals surface area contributed by atoms with Crippen LogP contribution in [0.5, 0.6) is 0 Å². The smallest absolute Gasteiger partial charge is 0.126 e. The zero-order valence-corrected chi connectivity index (χ0v) is 12.7. The van der Waals surface area contributed by atoms with Gasteiger partial charge in [-0.25, -0.2) is 4.39 Å². The molecule has 0 spiro atoms. The third-order valence-corrected chi connectivity index (χ3v) is 4.36. The van der Waals surface area contributed by atoms with E-state index in [-0.39, 0.29) is 5.82 Å². The maximum absolute atomic E-state index is 13.8. The molecule has 3 rings (SSSR count). The summed E-state index contributed by atoms with van der Waals surface area (Å²) >= 11 is 0. The molecular formula is C19H22FNO. The molecule has 22 heavy (non-hydrogen) atoms. The second kappa shape index (κ2) is 6.59. The van der Waals surface area contributed by atoms with Crippen molar-refractivity contribution in [2.75, 3.05) is 13.1 Å². The molecule has 0 amide bonds. The monoisotopic (exact) mass is 299 g/mol. The quantitative estimate of drug-likeness (QED) is 0.935. The lowest BCUT2D eigenvalue weighted by Crippen LogP contribution is -2.49. The Morgan fingerprint density at radius 3 is 2.55 bits per heavy atom. The van der Waals surface area contributed by atoms with E-state index in [1.54, 1.807) is 12.1 Å². The molecule has 3 heteroatoms. The van der Waals surface area contributed by atoms with Crippen molar-refractivity contribution < 1.29 is 9.50 Å². The average Bonchev–Trinajstić information content (AvgIpc) is 2.50. The van der Waals surface area contributed by atoms with Crippen LogP contribution in [0.2, 0.25) is 0 Å². The summed E-state index contributed by atoms with van der Waals surface area (Å²) in [6.45, 7) is 2.41. The average molecular weight is 299 g/mol. The van der Waals surface area contributed by atoms with E-state index >= 15 is 0 Å². The second-order valence-electron chi connectivity index (χ2n) is 6.29. The van der Waals surface area contributed by atoms with Gasteiger partial charge in [-0.2, -0.15) is 0 Å². The van der Waals surface area contributed by atoms with Gasteiger partial charge in [-0.05, 0) is 36.6 Å². The fourth-order valence-corrected chi connectivity index (χ4v) is 3.32. The molecule has 0 aliphatic carbocycles. The zero-order valence-electron chi connectivity index (χ0n) is 12.7. The molecule has 2 aromatic rings. The Labute approximate surface area is 131 Å². The molecule has 1 heterocycles. The molecule has 1 fully saturated rings. The first-order valence-corrected chi connectivity index (χ1v) is 7.87. The fraction of sp³-hybridized carbons (Fsp3) is 0.368. The minimum absolute atomic E-state index is 0.226. The number of piperidine rings is 1. The van der Waals surface area contributed by atoms with Crippen LogP contribution in [-0.2, 0) is 13.0 Å². The SMILES string of the molecule is O[C@]1(Cc2ccccc2F)CCCN(Cc2ccccc2)C1. The van der Waals surface area contributed by atoms with Crippen LogP contribution in [0.3, 0.4) is 0 Å². The highest BCUT2D eigenvalue weighted by Gasteiger charge is 2.33. The Morgan fingerprint density at radius 2 is 1.77 bits per heavy atom. The van der Waals surface area contributed by atoms with Crippen LogP contribution in [0, 0.1) is 5.82 Å². The highest BCUT2D eigenvalue weighted by molar-refractivity contribution is 5.20. The molecule has 0 radical (unpaired) electrons. The van der Waals surface area contributed by atoms with Crippen molar-refractivity contribution in [1.29, 1.82) is 0 Å². The van der Waals surface area contributed by atoms with Crippen molar-refractivity contribution in [3.63, 3.8) is 0 Å². The van der Waals surface area contributed by atoms with Crippen molar-refractivity contribution in [3.05, 3.63) is 71.5 Å². The lowest BCUT2D eigenvalue weighted by molar-refractivity contribution is -0.0332. The van der Waals surface area contributed by atoms with E-state index in [2.05, 4.69) is 17.0 Å². The van der Waals surface area contributed by atoms with Crippen LogP contribution < -0.4 is 0 Å². The summed E-state index contributed by atoms with van der Waals surface area (Å²) in [5.74, 6) is -0.226. The summed E-state index contributed by atoms with van der Waals surface area (Å²) in [6, 6.07) is 17.0. The maximum Gasteiger partial charge on any atom is 0.126 e. The number of benzene rings is 2. The first kappa shape index (κ1) is 15.2. The lowest BCUT2D eigenvalue weighted by Gasteiger charge is -2.39. The molecular weight excluding hydrogens is 277 g/mol. The number of rotatable bonds is 4. The normalized spacial score (nSPS) is 22.6. The van der Waals surface area contributed by atoms with Gasteiger partial charge in [0, 0.05) is 19.5 Å². The molecule has 0 saturated carbocycles. The highest BCUT2D eigenvalue weighted by Crippen LogP contribution is 2.27. The molecule has 1 saturated heterocycles. The van der Waals surface area contributed by atoms with E-state index in [4.69, 9.17) is 0 Å². The first-order chi connectivity index (χ1) is 10.6. The topological polar surface area (TPSA) is 23.5 Å². The summed E-state index contributed by atoms with van der Waals surface area (Å²) in [4.78, 5) is 2.26. The Balaban J connectivity index is 1.68. The second-order valence-corrected chi connectivity index (χ2v) is 6.29. The van der Waals surface area contributed by atoms with E-state index in [9.17, 15) is 9.50 Å². The number of halogens is 1. The highest BCUT2D eigenvalue weighted by atomic mass is 19.1. The van der Waals surface area contributed by atoms with E-state index in [1.807, 2.05) is 24.3 Å². The summed E-state index contributed by atoms with van der Waals surface area (Å²) < 4.78 is 13.8. The van der Waals surface area contributed by atoms with E-state index in [1.165, 1.54) is 11.6 Å². The van der Waals surface area contributed by atoms with Crippen LogP contribution in [0.1, 0.15) is 24.0 Å². The van der Waals surface area contributed by atoms with Crippen molar-refractivity contribution in [3.8, 4) is 0 Å². The number of nitrogens with zero attached hydrogens (tertiary/aromatic N) is 1. The minimum atomic E-state index is -0.838. The van der Waals surface area contributed by atoms with Gasteiger partial charge < -0.3 is 5.11 Å². The molecule has 0 bridgehead atoms. The van der Waals surface area contributed by atoms with Gasteiger partial charge in [0.05, 0.1) is 5.60 Å². The van der Waals surface area contributed by atoms with Gasteiger partial charge in [0.1, 0.15) is 5.82 Å². The van der Waals surface area contributed by atoms with E-state index in [0.717, 1.165) is 25.9 Å². The van der Waals surface area contributed by atoms with Crippen LogP contribution in [0.25, 0.3) is 0 Å². The fourth-order valence-electron chi connectivity index (χ4n) is 3.32. The molecule has 2 nitrogen and oxygen atoms in total. The van der Waals surface area contributed by atoms with Gasteiger partial charge >= 0.3 is 0 Å². The molecule has 1 aliphatic rings. The molecule has 2 aromatic carbocycles. The molecule has 1 aliphatic heterocycles. The first-order valence-electron chi connectivity index (χ1n) is 7.87. The predicted molar refractivity (Wildman–Crippen MR) is 86.0 cm³/mol. The number of likely N-dealkylation sites (tertiary alicyclic amines) is 1. The standard InChI is InChI=1S/C19H22FNO/c20-18-10-5-4-9-17(18)13-19(22)11-6-12-21(15-19)14-16-7-2-1-3-8-16/h1-5,7-10,22H,6,11-15H2/t19-/m0/s1. The van der Waals surface area contributed by atoms with E-state index < -0.39 is 5.60 Å². The third kappa shape index (κ3) is 3.73. The molecule has 116 valence electrons. The van der Waals surface area contributed by atoms with Gasteiger partial charge in [-0.1, -0.05) is 48.5 Å². The summed E-state index contributed by atoms with van der Waals surface area (Å²) in [6.07, 6.45) is 2.05. The Bertz CT molecular complexity index is 616. The minimum Gasteiger partial charge on any atom is -0.388 e. The molecule has 1 N–H and O–H groups in total. The van der Waals surface area contributed by atoms with Gasteiger partial charge in [-0.3, -0.25) is 4.90 Å². The van der Waals surface area contributed by atoms with Gasteiger partial charge in [0.2, 0.25) is 0 Å². The largest absolute Gasteiger partial charge is 0.388 e. The van der Waals surface area contributed by atoms with Crippen LogP contribution in [0.4, 0.5) is 4.39 Å². The van der Waals surface area contributed by atoms with E-state index in [0.29, 0.717) is 18.5 Å². The predicted octanol–water partition coefficient (Wildman–Crippen LogP) is 3.40. The van der Waals surface area contributed by atoms with Crippen molar-refractivity contribution in [2.24, 2.45) is 0 Å². The van der Waals surface area contributed by atoms with Crippen molar-refractivity contribution >= 4 is 0 Å². The van der Waals surface area contributed by atoms with Gasteiger partial charge in [0.15, 0.2) is 0 Å². The number of hydrogen-bond acceptors (Lipinski definition) is 2. The molecule has 0 aromatic heterocycles. The summed E-state index contributed by atoms with van der Waals surface area (Å²) in [7, 11) is 0. The zero-order chi connectivity index (χ0) is 15.4. The van der Waals surface area contributed by atoms with Crippen molar-refractivity contribution in [2.45, 2.75) is 31.4 Å².